The van der Waals surface area contributed by atoms with Crippen LogP contribution in [0.1, 0.15) is 15.9 Å². The van der Waals surface area contributed by atoms with E-state index in [4.69, 9.17) is 16.3 Å². The van der Waals surface area contributed by atoms with Crippen molar-refractivity contribution >= 4 is 41.5 Å². The molecule has 1 N–H and O–H groups in total. The molecule has 0 aliphatic heterocycles. The molecule has 188 valence electrons. The second-order valence-corrected chi connectivity index (χ2v) is 8.92. The molecule has 0 aliphatic rings. The zero-order valence-corrected chi connectivity index (χ0v) is 21.5. The van der Waals surface area contributed by atoms with Gasteiger partial charge in [0.15, 0.2) is 11.0 Å². The van der Waals surface area contributed by atoms with E-state index in [-0.39, 0.29) is 11.7 Å². The SMILES string of the molecule is COC(=O)c1ccc(C=NNC(=O)CSc2nnc(-c3ccc(OC)cc3)n2-c2ccc(Cl)cc2)cc1. The number of hydrogen-bond acceptors (Lipinski definition) is 8. The van der Waals surface area contributed by atoms with Gasteiger partial charge in [-0.1, -0.05) is 35.5 Å². The van der Waals surface area contributed by atoms with Gasteiger partial charge in [-0.25, -0.2) is 10.2 Å². The number of carbonyl (C=O) groups is 2. The molecular weight excluding hydrogens is 514 g/mol. The summed E-state index contributed by atoms with van der Waals surface area (Å²) in [6.07, 6.45) is 1.49. The van der Waals surface area contributed by atoms with Gasteiger partial charge in [0.25, 0.3) is 5.91 Å². The van der Waals surface area contributed by atoms with E-state index >= 15 is 0 Å². The number of thioether (sulfide) groups is 1. The van der Waals surface area contributed by atoms with Gasteiger partial charge in [-0.2, -0.15) is 5.10 Å². The smallest absolute Gasteiger partial charge is 0.337 e. The maximum absolute atomic E-state index is 12.4. The lowest BCUT2D eigenvalue weighted by Gasteiger charge is -2.11. The van der Waals surface area contributed by atoms with E-state index in [1.54, 1.807) is 43.5 Å². The molecule has 0 atom stereocenters. The minimum absolute atomic E-state index is 0.0625. The minimum atomic E-state index is -0.421. The number of carbonyl (C=O) groups excluding carboxylic acids is 2. The number of aromatic nitrogens is 3. The number of ether oxygens (including phenoxy) is 2. The van der Waals surface area contributed by atoms with Crippen molar-refractivity contribution in [1.82, 2.24) is 20.2 Å². The number of methoxy groups -OCH3 is 2. The number of esters is 1. The van der Waals surface area contributed by atoms with Gasteiger partial charge in [0, 0.05) is 16.3 Å². The largest absolute Gasteiger partial charge is 0.497 e. The highest BCUT2D eigenvalue weighted by atomic mass is 35.5. The molecule has 0 unspecified atom stereocenters. The lowest BCUT2D eigenvalue weighted by Crippen LogP contribution is -2.20. The summed E-state index contributed by atoms with van der Waals surface area (Å²) in [6.45, 7) is 0. The van der Waals surface area contributed by atoms with E-state index in [1.807, 2.05) is 41.0 Å². The Balaban J connectivity index is 1.46. The molecule has 0 saturated carbocycles. The molecule has 0 bridgehead atoms. The Morgan fingerprint density at radius 2 is 1.70 bits per heavy atom. The van der Waals surface area contributed by atoms with Crippen LogP contribution in [0, 0.1) is 0 Å². The summed E-state index contributed by atoms with van der Waals surface area (Å²) < 4.78 is 11.8. The first kappa shape index (κ1) is 25.9. The van der Waals surface area contributed by atoms with E-state index < -0.39 is 5.97 Å². The van der Waals surface area contributed by atoms with E-state index in [0.29, 0.717) is 27.1 Å². The zero-order valence-electron chi connectivity index (χ0n) is 19.9. The van der Waals surface area contributed by atoms with Crippen LogP contribution in [-0.4, -0.2) is 52.8 Å². The quantitative estimate of drug-likeness (QED) is 0.144. The molecule has 0 saturated heterocycles. The number of nitrogens with zero attached hydrogens (tertiary/aromatic N) is 4. The predicted molar refractivity (Wildman–Crippen MR) is 143 cm³/mol. The number of benzene rings is 3. The molecule has 0 fully saturated rings. The summed E-state index contributed by atoms with van der Waals surface area (Å²) in [4.78, 5) is 24.0. The summed E-state index contributed by atoms with van der Waals surface area (Å²) in [6, 6.07) is 21.4. The predicted octanol–water partition coefficient (Wildman–Crippen LogP) is 4.63. The Labute approximate surface area is 222 Å². The highest BCUT2D eigenvalue weighted by molar-refractivity contribution is 7.99. The number of hydrazone groups is 1. The van der Waals surface area contributed by atoms with Crippen LogP contribution in [0.3, 0.4) is 0 Å². The highest BCUT2D eigenvalue weighted by Crippen LogP contribution is 2.29. The first-order valence-electron chi connectivity index (χ1n) is 11.0. The topological polar surface area (TPSA) is 108 Å². The third-order valence-electron chi connectivity index (χ3n) is 5.13. The van der Waals surface area contributed by atoms with Crippen molar-refractivity contribution in [2.75, 3.05) is 20.0 Å². The van der Waals surface area contributed by atoms with Gasteiger partial charge in [0.05, 0.1) is 31.8 Å². The number of hydrogen-bond donors (Lipinski definition) is 1. The van der Waals surface area contributed by atoms with E-state index in [1.165, 1.54) is 25.1 Å². The van der Waals surface area contributed by atoms with Gasteiger partial charge in [-0.05, 0) is 66.2 Å². The van der Waals surface area contributed by atoms with Crippen LogP contribution >= 0.6 is 23.4 Å². The van der Waals surface area contributed by atoms with Crippen LogP contribution < -0.4 is 10.2 Å². The summed E-state index contributed by atoms with van der Waals surface area (Å²) in [7, 11) is 2.93. The summed E-state index contributed by atoms with van der Waals surface area (Å²) in [5.74, 6) is 0.667. The van der Waals surface area contributed by atoms with Crippen molar-refractivity contribution in [2.24, 2.45) is 5.10 Å². The molecule has 0 aliphatic carbocycles. The molecule has 1 heterocycles. The maximum Gasteiger partial charge on any atom is 0.337 e. The fourth-order valence-electron chi connectivity index (χ4n) is 3.28. The number of rotatable bonds is 9. The lowest BCUT2D eigenvalue weighted by molar-refractivity contribution is -0.118. The molecule has 4 aromatic rings. The summed E-state index contributed by atoms with van der Waals surface area (Å²) in [5.41, 5.74) is 5.28. The first-order chi connectivity index (χ1) is 18.0. The maximum atomic E-state index is 12.4. The van der Waals surface area contributed by atoms with Gasteiger partial charge in [-0.3, -0.25) is 9.36 Å². The third-order valence-corrected chi connectivity index (χ3v) is 6.31. The Hall–Kier alpha value is -4.15. The second-order valence-electron chi connectivity index (χ2n) is 7.54. The van der Waals surface area contributed by atoms with Crippen LogP contribution in [0.2, 0.25) is 5.02 Å². The lowest BCUT2D eigenvalue weighted by atomic mass is 10.1. The highest BCUT2D eigenvalue weighted by Gasteiger charge is 2.17. The van der Waals surface area contributed by atoms with Gasteiger partial charge >= 0.3 is 5.97 Å². The zero-order chi connectivity index (χ0) is 26.2. The van der Waals surface area contributed by atoms with Gasteiger partial charge in [0.1, 0.15) is 5.75 Å². The van der Waals surface area contributed by atoms with Crippen molar-refractivity contribution in [3.05, 3.63) is 88.9 Å². The second kappa shape index (κ2) is 12.2. The van der Waals surface area contributed by atoms with Crippen LogP contribution in [0.5, 0.6) is 5.75 Å². The minimum Gasteiger partial charge on any atom is -0.497 e. The van der Waals surface area contributed by atoms with Crippen molar-refractivity contribution in [1.29, 1.82) is 0 Å². The average molecular weight is 536 g/mol. The number of amides is 1. The Kier molecular flexibility index (Phi) is 8.55. The molecule has 0 spiro atoms. The van der Waals surface area contributed by atoms with E-state index in [0.717, 1.165) is 17.0 Å². The molecule has 11 heteroatoms. The van der Waals surface area contributed by atoms with Crippen LogP contribution in [0.15, 0.2) is 83.1 Å². The number of nitrogens with one attached hydrogen (secondary N) is 1. The summed E-state index contributed by atoms with van der Waals surface area (Å²) in [5, 5.41) is 13.8. The molecule has 4 rings (SSSR count). The van der Waals surface area contributed by atoms with E-state index in [9.17, 15) is 9.59 Å². The van der Waals surface area contributed by atoms with Crippen LogP contribution in [-0.2, 0) is 9.53 Å². The molecule has 0 radical (unpaired) electrons. The molecule has 37 heavy (non-hydrogen) atoms. The average Bonchev–Trinajstić information content (AvgIpc) is 3.36. The normalized spacial score (nSPS) is 10.9. The van der Waals surface area contributed by atoms with Crippen LogP contribution in [0.25, 0.3) is 17.1 Å². The third kappa shape index (κ3) is 6.54. The van der Waals surface area contributed by atoms with Gasteiger partial charge in [0.2, 0.25) is 0 Å². The fraction of sp³-hybridized carbons (Fsp3) is 0.115. The van der Waals surface area contributed by atoms with Gasteiger partial charge < -0.3 is 9.47 Å². The number of halogens is 1. The Morgan fingerprint density at radius 3 is 2.35 bits per heavy atom. The molecule has 9 nitrogen and oxygen atoms in total. The van der Waals surface area contributed by atoms with Gasteiger partial charge in [-0.15, -0.1) is 10.2 Å². The van der Waals surface area contributed by atoms with Crippen LogP contribution in [0.4, 0.5) is 0 Å². The molecule has 1 aromatic heterocycles. The monoisotopic (exact) mass is 535 g/mol. The van der Waals surface area contributed by atoms with Crippen molar-refractivity contribution in [3.63, 3.8) is 0 Å². The fourth-order valence-corrected chi connectivity index (χ4v) is 4.15. The first-order valence-corrected chi connectivity index (χ1v) is 12.3. The molecule has 1 amide bonds. The molecule has 3 aromatic carbocycles. The van der Waals surface area contributed by atoms with E-state index in [2.05, 4.69) is 25.5 Å². The Morgan fingerprint density at radius 1 is 1.00 bits per heavy atom. The molecular formula is C26H22ClN5O4S. The standard InChI is InChI=1S/C26H22ClN5O4S/c1-35-22-13-7-18(8-14-22)24-30-31-26(32(24)21-11-9-20(27)10-12-21)37-16-23(33)29-28-15-17-3-5-19(6-4-17)25(34)36-2/h3-15H,16H2,1-2H3,(H,29,33). The van der Waals surface area contributed by atoms with Crippen molar-refractivity contribution in [2.45, 2.75) is 5.16 Å². The van der Waals surface area contributed by atoms with Crippen molar-refractivity contribution < 1.29 is 19.1 Å². The van der Waals surface area contributed by atoms with Crippen molar-refractivity contribution in [3.8, 4) is 22.8 Å². The Bertz CT molecular complexity index is 1400. The summed E-state index contributed by atoms with van der Waals surface area (Å²) >= 11 is 7.31.